The molecular formula is C16H19N3O2. The van der Waals surface area contributed by atoms with Crippen LogP contribution < -0.4 is 15.4 Å². The minimum atomic E-state index is -0.219. The van der Waals surface area contributed by atoms with Gasteiger partial charge < -0.3 is 15.4 Å². The number of carbonyl (C=O) groups excluding carboxylic acids is 1. The monoisotopic (exact) mass is 285 g/mol. The maximum atomic E-state index is 11.8. The van der Waals surface area contributed by atoms with E-state index in [0.29, 0.717) is 6.54 Å². The second-order valence-corrected chi connectivity index (χ2v) is 4.65. The Labute approximate surface area is 124 Å². The number of hydrogen-bond donors (Lipinski definition) is 2. The molecule has 0 aliphatic rings. The van der Waals surface area contributed by atoms with E-state index in [1.54, 1.807) is 13.3 Å². The Hall–Kier alpha value is -2.56. The molecule has 0 spiro atoms. The predicted octanol–water partition coefficient (Wildman–Crippen LogP) is 2.65. The second kappa shape index (κ2) is 7.28. The van der Waals surface area contributed by atoms with Gasteiger partial charge in [-0.2, -0.15) is 0 Å². The highest BCUT2D eigenvalue weighted by atomic mass is 16.5. The average Bonchev–Trinajstić information content (AvgIpc) is 2.54. The van der Waals surface area contributed by atoms with E-state index in [0.717, 1.165) is 17.0 Å². The number of methoxy groups -OCH3 is 1. The van der Waals surface area contributed by atoms with Gasteiger partial charge in [-0.3, -0.25) is 4.98 Å². The number of carbonyl (C=O) groups is 1. The quantitative estimate of drug-likeness (QED) is 0.887. The molecule has 2 aromatic rings. The molecular weight excluding hydrogens is 266 g/mol. The first-order valence-electron chi connectivity index (χ1n) is 6.77. The summed E-state index contributed by atoms with van der Waals surface area (Å²) >= 11 is 0. The molecule has 21 heavy (non-hydrogen) atoms. The first-order chi connectivity index (χ1) is 10.2. The van der Waals surface area contributed by atoms with E-state index in [-0.39, 0.29) is 12.1 Å². The van der Waals surface area contributed by atoms with Gasteiger partial charge >= 0.3 is 6.03 Å². The van der Waals surface area contributed by atoms with E-state index in [4.69, 9.17) is 4.74 Å². The van der Waals surface area contributed by atoms with Gasteiger partial charge in [-0.25, -0.2) is 4.79 Å². The summed E-state index contributed by atoms with van der Waals surface area (Å²) in [6, 6.07) is 12.8. The molecule has 5 heteroatoms. The molecule has 1 heterocycles. The van der Waals surface area contributed by atoms with Crippen LogP contribution in [0.3, 0.4) is 0 Å². The number of benzene rings is 1. The molecule has 2 amide bonds. The average molecular weight is 285 g/mol. The fourth-order valence-electron chi connectivity index (χ4n) is 1.88. The van der Waals surface area contributed by atoms with Crippen LogP contribution in [0.1, 0.15) is 24.2 Å². The maximum Gasteiger partial charge on any atom is 0.315 e. The molecule has 0 bridgehead atoms. The molecule has 1 aromatic heterocycles. The van der Waals surface area contributed by atoms with Gasteiger partial charge in [0.15, 0.2) is 0 Å². The number of rotatable bonds is 5. The van der Waals surface area contributed by atoms with Crippen molar-refractivity contribution in [3.63, 3.8) is 0 Å². The predicted molar refractivity (Wildman–Crippen MR) is 81.0 cm³/mol. The topological polar surface area (TPSA) is 63.2 Å². The zero-order chi connectivity index (χ0) is 15.1. The van der Waals surface area contributed by atoms with Crippen LogP contribution in [0.4, 0.5) is 4.79 Å². The molecule has 0 fully saturated rings. The highest BCUT2D eigenvalue weighted by Crippen LogP contribution is 2.11. The Morgan fingerprint density at radius 3 is 2.62 bits per heavy atom. The van der Waals surface area contributed by atoms with E-state index >= 15 is 0 Å². The van der Waals surface area contributed by atoms with Crippen molar-refractivity contribution < 1.29 is 9.53 Å². The minimum absolute atomic E-state index is 0.137. The largest absolute Gasteiger partial charge is 0.497 e. The van der Waals surface area contributed by atoms with Crippen LogP contribution in [-0.4, -0.2) is 18.1 Å². The summed E-state index contributed by atoms with van der Waals surface area (Å²) in [5.41, 5.74) is 1.84. The highest BCUT2D eigenvalue weighted by Gasteiger charge is 2.09. The molecule has 0 aliphatic carbocycles. The molecule has 0 saturated heterocycles. The Morgan fingerprint density at radius 2 is 2.00 bits per heavy atom. The van der Waals surface area contributed by atoms with Crippen LogP contribution in [0.15, 0.2) is 48.7 Å². The van der Waals surface area contributed by atoms with Crippen LogP contribution in [0.2, 0.25) is 0 Å². The fourth-order valence-corrected chi connectivity index (χ4v) is 1.88. The molecule has 110 valence electrons. The number of ether oxygens (including phenoxy) is 1. The first kappa shape index (κ1) is 14.8. The molecule has 1 atom stereocenters. The molecule has 2 N–H and O–H groups in total. The SMILES string of the molecule is COc1ccc(CNC(=O)NC(C)c2ccccn2)cc1. The molecule has 2 rings (SSSR count). The molecule has 5 nitrogen and oxygen atoms in total. The van der Waals surface area contributed by atoms with Gasteiger partial charge in [-0.05, 0) is 36.8 Å². The number of pyridine rings is 1. The third-order valence-corrected chi connectivity index (χ3v) is 3.09. The van der Waals surface area contributed by atoms with Crippen molar-refractivity contribution in [3.05, 3.63) is 59.9 Å². The van der Waals surface area contributed by atoms with Crippen molar-refractivity contribution in [3.8, 4) is 5.75 Å². The van der Waals surface area contributed by atoms with E-state index in [1.807, 2.05) is 49.4 Å². The molecule has 0 radical (unpaired) electrons. The van der Waals surface area contributed by atoms with Gasteiger partial charge in [0.05, 0.1) is 18.8 Å². The normalized spacial score (nSPS) is 11.5. The number of nitrogens with zero attached hydrogens (tertiary/aromatic N) is 1. The Kier molecular flexibility index (Phi) is 5.15. The van der Waals surface area contributed by atoms with Crippen LogP contribution in [0.5, 0.6) is 5.75 Å². The second-order valence-electron chi connectivity index (χ2n) is 4.65. The standard InChI is InChI=1S/C16H19N3O2/c1-12(15-5-3-4-10-17-15)19-16(20)18-11-13-6-8-14(21-2)9-7-13/h3-10,12H,11H2,1-2H3,(H2,18,19,20). The smallest absolute Gasteiger partial charge is 0.315 e. The fraction of sp³-hybridized carbons (Fsp3) is 0.250. The van der Waals surface area contributed by atoms with E-state index in [9.17, 15) is 4.79 Å². The minimum Gasteiger partial charge on any atom is -0.497 e. The van der Waals surface area contributed by atoms with E-state index in [1.165, 1.54) is 0 Å². The van der Waals surface area contributed by atoms with Gasteiger partial charge in [-0.15, -0.1) is 0 Å². The Bertz CT molecular complexity index is 570. The summed E-state index contributed by atoms with van der Waals surface area (Å²) in [6.45, 7) is 2.36. The van der Waals surface area contributed by atoms with Crippen molar-refractivity contribution in [2.45, 2.75) is 19.5 Å². The third-order valence-electron chi connectivity index (χ3n) is 3.09. The van der Waals surface area contributed by atoms with Crippen LogP contribution >= 0.6 is 0 Å². The van der Waals surface area contributed by atoms with Crippen LogP contribution in [0.25, 0.3) is 0 Å². The zero-order valence-corrected chi connectivity index (χ0v) is 12.2. The summed E-state index contributed by atoms with van der Waals surface area (Å²) in [7, 11) is 1.62. The molecule has 0 saturated carbocycles. The Morgan fingerprint density at radius 1 is 1.24 bits per heavy atom. The van der Waals surface area contributed by atoms with Crippen molar-refractivity contribution in [2.75, 3.05) is 7.11 Å². The van der Waals surface area contributed by atoms with Gasteiger partial charge in [0.25, 0.3) is 0 Å². The summed E-state index contributed by atoms with van der Waals surface area (Å²) in [6.07, 6.45) is 1.71. The number of nitrogens with one attached hydrogen (secondary N) is 2. The molecule has 1 aromatic carbocycles. The van der Waals surface area contributed by atoms with Gasteiger partial charge in [-0.1, -0.05) is 18.2 Å². The van der Waals surface area contributed by atoms with E-state index in [2.05, 4.69) is 15.6 Å². The lowest BCUT2D eigenvalue weighted by Crippen LogP contribution is -2.36. The Balaban J connectivity index is 1.81. The highest BCUT2D eigenvalue weighted by molar-refractivity contribution is 5.74. The summed E-state index contributed by atoms with van der Waals surface area (Å²) in [5, 5.41) is 5.67. The van der Waals surface area contributed by atoms with Gasteiger partial charge in [0.2, 0.25) is 0 Å². The van der Waals surface area contributed by atoms with Crippen LogP contribution in [0, 0.1) is 0 Å². The lowest BCUT2D eigenvalue weighted by atomic mass is 10.2. The number of hydrogen-bond acceptors (Lipinski definition) is 3. The van der Waals surface area contributed by atoms with Crippen LogP contribution in [-0.2, 0) is 6.54 Å². The van der Waals surface area contributed by atoms with Crippen molar-refractivity contribution in [2.24, 2.45) is 0 Å². The van der Waals surface area contributed by atoms with E-state index < -0.39 is 0 Å². The lowest BCUT2D eigenvalue weighted by molar-refractivity contribution is 0.237. The lowest BCUT2D eigenvalue weighted by Gasteiger charge is -2.14. The number of aromatic nitrogens is 1. The van der Waals surface area contributed by atoms with Crippen molar-refractivity contribution in [1.29, 1.82) is 0 Å². The number of urea groups is 1. The summed E-state index contributed by atoms with van der Waals surface area (Å²) < 4.78 is 5.09. The first-order valence-corrected chi connectivity index (χ1v) is 6.77. The van der Waals surface area contributed by atoms with Gasteiger partial charge in [0.1, 0.15) is 5.75 Å². The third kappa shape index (κ3) is 4.49. The van der Waals surface area contributed by atoms with Crippen molar-refractivity contribution in [1.82, 2.24) is 15.6 Å². The van der Waals surface area contributed by atoms with Crippen molar-refractivity contribution >= 4 is 6.03 Å². The maximum absolute atomic E-state index is 11.8. The molecule has 0 aliphatic heterocycles. The zero-order valence-electron chi connectivity index (χ0n) is 12.2. The summed E-state index contributed by atoms with van der Waals surface area (Å²) in [4.78, 5) is 16.1. The molecule has 1 unspecified atom stereocenters. The summed E-state index contributed by atoms with van der Waals surface area (Å²) in [5.74, 6) is 0.798. The number of amides is 2. The van der Waals surface area contributed by atoms with Gasteiger partial charge in [0, 0.05) is 12.7 Å².